The van der Waals surface area contributed by atoms with Gasteiger partial charge < -0.3 is 15.0 Å². The maximum atomic E-state index is 13.6. The predicted molar refractivity (Wildman–Crippen MR) is 139 cm³/mol. The number of benzene rings is 2. The Kier molecular flexibility index (Phi) is 7.01. The minimum Gasteiger partial charge on any atom is -0.381 e. The van der Waals surface area contributed by atoms with Crippen LogP contribution in [0.2, 0.25) is 5.02 Å². The number of rotatable bonds is 7. The molecule has 0 radical (unpaired) electrons. The molecule has 184 valence electrons. The van der Waals surface area contributed by atoms with Gasteiger partial charge in [0.15, 0.2) is 5.78 Å². The molecule has 3 atom stereocenters. The lowest BCUT2D eigenvalue weighted by Crippen LogP contribution is -2.11. The second-order valence-electron chi connectivity index (χ2n) is 9.47. The summed E-state index contributed by atoms with van der Waals surface area (Å²) in [7, 11) is 3.90. The van der Waals surface area contributed by atoms with Gasteiger partial charge in [-0.2, -0.15) is 0 Å². The minimum atomic E-state index is -0.493. The average Bonchev–Trinajstić information content (AvgIpc) is 3.26. The van der Waals surface area contributed by atoms with Crippen LogP contribution in [0.1, 0.15) is 11.1 Å². The van der Waals surface area contributed by atoms with Crippen LogP contribution in [0.25, 0.3) is 10.9 Å². The van der Waals surface area contributed by atoms with Crippen molar-refractivity contribution in [3.8, 4) is 11.8 Å². The van der Waals surface area contributed by atoms with Gasteiger partial charge in [0, 0.05) is 47.4 Å². The normalized spacial score (nSPS) is 20.4. The van der Waals surface area contributed by atoms with Crippen LogP contribution in [-0.2, 0) is 16.0 Å². The molecule has 2 heterocycles. The summed E-state index contributed by atoms with van der Waals surface area (Å²) in [4.78, 5) is 23.6. The molecule has 5 rings (SSSR count). The van der Waals surface area contributed by atoms with Crippen LogP contribution in [0.15, 0.2) is 48.8 Å². The SMILES string of the molecule is CN(C)C/C=C/C(=O)Cc1cc2c(Nc3ccc(F)c(Cl)c3)ncnc2cc1C#CC1[C@H]2COC[C@@H]12. The predicted octanol–water partition coefficient (Wildman–Crippen LogP) is 4.64. The number of nitrogens with one attached hydrogen (secondary N) is 1. The lowest BCUT2D eigenvalue weighted by Gasteiger charge is -2.11. The third kappa shape index (κ3) is 5.41. The van der Waals surface area contributed by atoms with Crippen molar-refractivity contribution in [2.75, 3.05) is 39.2 Å². The Labute approximate surface area is 214 Å². The number of aromatic nitrogens is 2. The zero-order chi connectivity index (χ0) is 25.2. The van der Waals surface area contributed by atoms with E-state index in [9.17, 15) is 9.18 Å². The second kappa shape index (κ2) is 10.4. The van der Waals surface area contributed by atoms with E-state index in [0.29, 0.717) is 41.3 Å². The second-order valence-corrected chi connectivity index (χ2v) is 9.88. The van der Waals surface area contributed by atoms with E-state index in [-0.39, 0.29) is 17.2 Å². The van der Waals surface area contributed by atoms with E-state index >= 15 is 0 Å². The zero-order valence-electron chi connectivity index (χ0n) is 20.1. The van der Waals surface area contributed by atoms with Gasteiger partial charge in [0.25, 0.3) is 0 Å². The van der Waals surface area contributed by atoms with Gasteiger partial charge in [-0.15, -0.1) is 0 Å². The number of likely N-dealkylation sites (N-methyl/N-ethyl adjacent to an activating group) is 1. The van der Waals surface area contributed by atoms with Crippen LogP contribution in [0.5, 0.6) is 0 Å². The Morgan fingerprint density at radius 3 is 2.81 bits per heavy atom. The fraction of sp³-hybridized carbons (Fsp3) is 0.321. The molecule has 1 aromatic heterocycles. The molecule has 1 aliphatic carbocycles. The fourth-order valence-corrected chi connectivity index (χ4v) is 4.66. The van der Waals surface area contributed by atoms with Crippen molar-refractivity contribution in [1.82, 2.24) is 14.9 Å². The fourth-order valence-electron chi connectivity index (χ4n) is 4.48. The third-order valence-corrected chi connectivity index (χ3v) is 6.80. The summed E-state index contributed by atoms with van der Waals surface area (Å²) in [5.74, 6) is 8.17. The van der Waals surface area contributed by atoms with Gasteiger partial charge in [0.05, 0.1) is 23.8 Å². The minimum absolute atomic E-state index is 0.00684. The van der Waals surface area contributed by atoms with E-state index in [1.54, 1.807) is 12.1 Å². The number of carbonyl (C=O) groups excluding carboxylic acids is 1. The molecule has 8 heteroatoms. The van der Waals surface area contributed by atoms with Gasteiger partial charge >= 0.3 is 0 Å². The van der Waals surface area contributed by atoms with Gasteiger partial charge in [0.2, 0.25) is 0 Å². The molecule has 1 saturated heterocycles. The highest BCUT2D eigenvalue weighted by Crippen LogP contribution is 2.50. The largest absolute Gasteiger partial charge is 0.381 e. The van der Waals surface area contributed by atoms with E-state index < -0.39 is 5.82 Å². The van der Waals surface area contributed by atoms with Crippen molar-refractivity contribution >= 4 is 39.8 Å². The smallest absolute Gasteiger partial charge is 0.159 e. The first-order valence-corrected chi connectivity index (χ1v) is 12.2. The Morgan fingerprint density at radius 1 is 1.25 bits per heavy atom. The molecule has 0 bridgehead atoms. The summed E-state index contributed by atoms with van der Waals surface area (Å²) in [6.45, 7) is 2.24. The van der Waals surface area contributed by atoms with Crippen molar-refractivity contribution in [3.63, 3.8) is 0 Å². The molecule has 1 unspecified atom stereocenters. The maximum Gasteiger partial charge on any atom is 0.159 e. The van der Waals surface area contributed by atoms with Crippen molar-refractivity contribution in [2.24, 2.45) is 17.8 Å². The zero-order valence-corrected chi connectivity index (χ0v) is 20.8. The third-order valence-electron chi connectivity index (χ3n) is 6.51. The average molecular weight is 505 g/mol. The van der Waals surface area contributed by atoms with Gasteiger partial charge in [-0.3, -0.25) is 4.79 Å². The summed E-state index contributed by atoms with van der Waals surface area (Å²) in [5.41, 5.74) is 2.89. The first-order chi connectivity index (χ1) is 17.4. The molecule has 1 N–H and O–H groups in total. The monoisotopic (exact) mass is 504 g/mol. The molecule has 1 saturated carbocycles. The number of carbonyl (C=O) groups is 1. The molecule has 3 aromatic rings. The van der Waals surface area contributed by atoms with Gasteiger partial charge in [0.1, 0.15) is 18.0 Å². The van der Waals surface area contributed by atoms with Crippen molar-refractivity contribution in [1.29, 1.82) is 0 Å². The summed E-state index contributed by atoms with van der Waals surface area (Å²) >= 11 is 5.95. The Bertz CT molecular complexity index is 1400. The number of nitrogens with zero attached hydrogens (tertiary/aromatic N) is 3. The number of halogens is 2. The van der Waals surface area contributed by atoms with Crippen LogP contribution >= 0.6 is 11.6 Å². The molecule has 0 amide bonds. The Hall–Kier alpha value is -3.31. The molecule has 2 fully saturated rings. The Morgan fingerprint density at radius 2 is 2.06 bits per heavy atom. The number of fused-ring (bicyclic) bond motifs is 2. The van der Waals surface area contributed by atoms with Crippen LogP contribution in [0.3, 0.4) is 0 Å². The lowest BCUT2D eigenvalue weighted by molar-refractivity contribution is -0.114. The van der Waals surface area contributed by atoms with Crippen molar-refractivity contribution < 1.29 is 13.9 Å². The van der Waals surface area contributed by atoms with Crippen LogP contribution in [0.4, 0.5) is 15.9 Å². The summed E-state index contributed by atoms with van der Waals surface area (Å²) in [6, 6.07) is 8.21. The molecule has 1 aliphatic heterocycles. The molecular formula is C28H26ClFN4O2. The van der Waals surface area contributed by atoms with Crippen molar-refractivity contribution in [3.05, 3.63) is 70.8 Å². The van der Waals surface area contributed by atoms with E-state index in [2.05, 4.69) is 27.1 Å². The number of ether oxygens (including phenoxy) is 1. The summed E-state index contributed by atoms with van der Waals surface area (Å²) in [5, 5.41) is 3.94. The molecule has 0 spiro atoms. The van der Waals surface area contributed by atoms with Gasteiger partial charge in [-0.1, -0.05) is 29.5 Å². The first kappa shape index (κ1) is 24.4. The maximum absolute atomic E-state index is 13.6. The van der Waals surface area contributed by atoms with Gasteiger partial charge in [-0.05, 0) is 56.1 Å². The van der Waals surface area contributed by atoms with Gasteiger partial charge in [-0.25, -0.2) is 14.4 Å². The number of ketones is 1. The molecule has 6 nitrogen and oxygen atoms in total. The molecule has 2 aromatic carbocycles. The highest BCUT2D eigenvalue weighted by molar-refractivity contribution is 6.31. The van der Waals surface area contributed by atoms with E-state index in [0.717, 1.165) is 29.7 Å². The highest BCUT2D eigenvalue weighted by atomic mass is 35.5. The number of anilines is 2. The number of hydrogen-bond acceptors (Lipinski definition) is 6. The Balaban J connectivity index is 1.49. The summed E-state index contributed by atoms with van der Waals surface area (Å²) < 4.78 is 19.1. The topological polar surface area (TPSA) is 67.4 Å². The van der Waals surface area contributed by atoms with E-state index in [4.69, 9.17) is 16.3 Å². The highest BCUT2D eigenvalue weighted by Gasteiger charge is 2.53. The quantitative estimate of drug-likeness (QED) is 0.373. The van der Waals surface area contributed by atoms with Crippen LogP contribution in [-0.4, -0.2) is 54.5 Å². The molecular weight excluding hydrogens is 479 g/mol. The van der Waals surface area contributed by atoms with Crippen LogP contribution < -0.4 is 5.32 Å². The van der Waals surface area contributed by atoms with Crippen molar-refractivity contribution in [2.45, 2.75) is 6.42 Å². The molecule has 36 heavy (non-hydrogen) atoms. The van der Waals surface area contributed by atoms with Crippen LogP contribution in [0, 0.1) is 35.4 Å². The molecule has 2 aliphatic rings. The lowest BCUT2D eigenvalue weighted by atomic mass is 9.99. The first-order valence-electron chi connectivity index (χ1n) is 11.8. The summed E-state index contributed by atoms with van der Waals surface area (Å²) in [6.07, 6.45) is 5.14. The number of hydrogen-bond donors (Lipinski definition) is 1. The standard InChI is InChI=1S/C28H26ClFN4O2/c1-34(2)9-3-4-20(35)10-18-11-22-27(12-17(18)5-7-21-23-14-36-15-24(21)23)31-16-32-28(22)33-19-6-8-26(30)25(29)13-19/h3-4,6,8,11-13,16,21,23-24H,9-10,14-15H2,1-2H3,(H,31,32,33)/b4-3+/t21?,23-,24+. The van der Waals surface area contributed by atoms with E-state index in [1.165, 1.54) is 18.5 Å². The van der Waals surface area contributed by atoms with E-state index in [1.807, 2.05) is 37.2 Å². The number of allylic oxidation sites excluding steroid dienone is 1.